The molecule has 0 unspecified atom stereocenters. The molecule has 0 aromatic heterocycles. The van der Waals surface area contributed by atoms with E-state index in [1.807, 2.05) is 54.6 Å². The number of piperazine rings is 1. The fourth-order valence-electron chi connectivity index (χ4n) is 4.47. The van der Waals surface area contributed by atoms with E-state index >= 15 is 0 Å². The van der Waals surface area contributed by atoms with Gasteiger partial charge in [-0.05, 0) is 55.1 Å². The number of fused-ring (bicyclic) bond motifs is 1. The molecule has 0 atom stereocenters. The Hall–Kier alpha value is -4.01. The molecule has 3 N–H and O–H groups in total. The van der Waals surface area contributed by atoms with E-state index in [-0.39, 0.29) is 11.8 Å². The smallest absolute Gasteiger partial charge is 0.258 e. The summed E-state index contributed by atoms with van der Waals surface area (Å²) in [6.45, 7) is 4.06. The lowest BCUT2D eigenvalue weighted by molar-refractivity contribution is -0.117. The first-order valence-electron chi connectivity index (χ1n) is 11.9. The Labute approximate surface area is 209 Å². The number of anilines is 3. The Balaban J connectivity index is 1.35. The second-order valence-electron chi connectivity index (χ2n) is 9.09. The van der Waals surface area contributed by atoms with Crippen molar-refractivity contribution in [2.24, 2.45) is 0 Å². The van der Waals surface area contributed by atoms with Crippen molar-refractivity contribution in [3.8, 4) is 0 Å². The maximum Gasteiger partial charge on any atom is 0.258 e. The highest BCUT2D eigenvalue weighted by Gasteiger charge is 2.28. The Morgan fingerprint density at radius 2 is 1.58 bits per heavy atom. The summed E-state index contributed by atoms with van der Waals surface area (Å²) < 4.78 is 13.7. The highest BCUT2D eigenvalue weighted by atomic mass is 19.1. The Morgan fingerprint density at radius 3 is 2.28 bits per heavy atom. The quantitative estimate of drug-likeness (QED) is 0.461. The minimum atomic E-state index is -0.408. The average Bonchev–Trinajstić information content (AvgIpc) is 3.20. The van der Waals surface area contributed by atoms with Gasteiger partial charge in [-0.25, -0.2) is 4.39 Å². The zero-order valence-electron chi connectivity index (χ0n) is 20.1. The van der Waals surface area contributed by atoms with Crippen LogP contribution in [-0.2, 0) is 9.59 Å². The number of nitrogens with one attached hydrogen (secondary N) is 3. The molecule has 36 heavy (non-hydrogen) atoms. The molecule has 0 bridgehead atoms. The molecule has 8 heteroatoms. The molecule has 2 heterocycles. The maximum atomic E-state index is 13.7. The first-order valence-corrected chi connectivity index (χ1v) is 11.9. The number of carbonyl (C=O) groups excluding carboxylic acids is 2. The monoisotopic (exact) mass is 485 g/mol. The van der Waals surface area contributed by atoms with Crippen molar-refractivity contribution in [2.75, 3.05) is 55.7 Å². The van der Waals surface area contributed by atoms with Gasteiger partial charge < -0.3 is 20.9 Å². The van der Waals surface area contributed by atoms with Gasteiger partial charge in [0, 0.05) is 43.1 Å². The number of carbonyl (C=O) groups is 2. The maximum absolute atomic E-state index is 13.7. The second kappa shape index (κ2) is 10.3. The highest BCUT2D eigenvalue weighted by molar-refractivity contribution is 6.37. The van der Waals surface area contributed by atoms with Gasteiger partial charge in [-0.15, -0.1) is 0 Å². The summed E-state index contributed by atoms with van der Waals surface area (Å²) in [5.74, 6) is -0.747. The third kappa shape index (κ3) is 5.30. The number of hydrogen-bond acceptors (Lipinski definition) is 5. The first kappa shape index (κ1) is 23.7. The zero-order chi connectivity index (χ0) is 25.1. The van der Waals surface area contributed by atoms with Crippen LogP contribution in [0.4, 0.5) is 21.5 Å². The van der Waals surface area contributed by atoms with E-state index in [0.29, 0.717) is 34.8 Å². The molecule has 5 rings (SSSR count). The van der Waals surface area contributed by atoms with Crippen molar-refractivity contribution >= 4 is 40.1 Å². The number of hydrogen-bond donors (Lipinski definition) is 3. The van der Waals surface area contributed by atoms with Crippen molar-refractivity contribution in [1.82, 2.24) is 9.80 Å². The summed E-state index contributed by atoms with van der Waals surface area (Å²) in [6.07, 6.45) is 0. The van der Waals surface area contributed by atoms with Crippen LogP contribution in [0.3, 0.4) is 0 Å². The van der Waals surface area contributed by atoms with E-state index in [1.165, 1.54) is 12.1 Å². The average molecular weight is 486 g/mol. The van der Waals surface area contributed by atoms with Gasteiger partial charge in [-0.2, -0.15) is 0 Å². The van der Waals surface area contributed by atoms with E-state index < -0.39 is 5.82 Å². The Bertz CT molecular complexity index is 1300. The molecule has 0 saturated carbocycles. The van der Waals surface area contributed by atoms with E-state index in [0.717, 1.165) is 37.4 Å². The van der Waals surface area contributed by atoms with Crippen molar-refractivity contribution < 1.29 is 14.0 Å². The van der Waals surface area contributed by atoms with E-state index in [1.54, 1.807) is 6.07 Å². The van der Waals surface area contributed by atoms with Gasteiger partial charge in [0.25, 0.3) is 5.91 Å². The SMILES string of the molecule is CN1CCN(CC(=O)Nc2ccc(N/C(=C3\C(=O)Nc4cc(F)ccc43)c3ccccc3)cc2)CC1. The number of rotatable bonds is 6. The minimum Gasteiger partial charge on any atom is -0.354 e. The normalized spacial score (nSPS) is 17.3. The van der Waals surface area contributed by atoms with Gasteiger partial charge in [-0.3, -0.25) is 14.5 Å². The number of benzene rings is 3. The van der Waals surface area contributed by atoms with Crippen LogP contribution >= 0.6 is 0 Å². The van der Waals surface area contributed by atoms with Crippen molar-refractivity contribution in [3.05, 3.63) is 89.7 Å². The molecule has 2 aliphatic rings. The van der Waals surface area contributed by atoms with Gasteiger partial charge >= 0.3 is 0 Å². The molecule has 0 spiro atoms. The van der Waals surface area contributed by atoms with Gasteiger partial charge in [0.15, 0.2) is 0 Å². The predicted molar refractivity (Wildman–Crippen MR) is 141 cm³/mol. The topological polar surface area (TPSA) is 76.7 Å². The van der Waals surface area contributed by atoms with Crippen LogP contribution in [0.25, 0.3) is 11.3 Å². The van der Waals surface area contributed by atoms with Gasteiger partial charge in [-0.1, -0.05) is 30.3 Å². The lowest BCUT2D eigenvalue weighted by Gasteiger charge is -2.31. The molecule has 2 aliphatic heterocycles. The molecule has 184 valence electrons. The van der Waals surface area contributed by atoms with Gasteiger partial charge in [0.05, 0.1) is 23.5 Å². The summed E-state index contributed by atoms with van der Waals surface area (Å²) >= 11 is 0. The Morgan fingerprint density at radius 1 is 0.917 bits per heavy atom. The van der Waals surface area contributed by atoms with Crippen LogP contribution in [0.2, 0.25) is 0 Å². The standard InChI is InChI=1S/C28H28FN5O2/c1-33-13-15-34(16-14-33)18-25(35)30-21-8-10-22(11-9-21)31-27(19-5-3-2-4-6-19)26-23-12-7-20(29)17-24(23)32-28(26)36/h2-12,17,31H,13-16,18H2,1H3,(H,30,35)(H,32,36)/b27-26-. The molecule has 3 aromatic rings. The first-order chi connectivity index (χ1) is 17.5. The van der Waals surface area contributed by atoms with Crippen molar-refractivity contribution in [3.63, 3.8) is 0 Å². The lowest BCUT2D eigenvalue weighted by Crippen LogP contribution is -2.47. The third-order valence-corrected chi connectivity index (χ3v) is 6.44. The highest BCUT2D eigenvalue weighted by Crippen LogP contribution is 2.37. The second-order valence-corrected chi connectivity index (χ2v) is 9.09. The zero-order valence-corrected chi connectivity index (χ0v) is 20.1. The molecule has 1 saturated heterocycles. The Kier molecular flexibility index (Phi) is 6.79. The predicted octanol–water partition coefficient (Wildman–Crippen LogP) is 3.94. The minimum absolute atomic E-state index is 0.0428. The molecule has 3 aromatic carbocycles. The van der Waals surface area contributed by atoms with Crippen molar-refractivity contribution in [2.45, 2.75) is 0 Å². The summed E-state index contributed by atoms with van der Waals surface area (Å²) in [6, 6.07) is 21.2. The summed E-state index contributed by atoms with van der Waals surface area (Å²) in [5, 5.41) is 9.09. The van der Waals surface area contributed by atoms with Gasteiger partial charge in [0.1, 0.15) is 5.82 Å². The van der Waals surface area contributed by atoms with E-state index in [9.17, 15) is 14.0 Å². The molecular weight excluding hydrogens is 457 g/mol. The van der Waals surface area contributed by atoms with Gasteiger partial charge in [0.2, 0.25) is 5.91 Å². The van der Waals surface area contributed by atoms with Crippen LogP contribution in [-0.4, -0.2) is 61.4 Å². The number of amides is 2. The van der Waals surface area contributed by atoms with Crippen LogP contribution in [0.5, 0.6) is 0 Å². The fraction of sp³-hybridized carbons (Fsp3) is 0.214. The van der Waals surface area contributed by atoms with E-state index in [4.69, 9.17) is 0 Å². The van der Waals surface area contributed by atoms with Crippen LogP contribution in [0, 0.1) is 5.82 Å². The summed E-state index contributed by atoms with van der Waals surface area (Å²) in [7, 11) is 2.09. The largest absolute Gasteiger partial charge is 0.354 e. The molecule has 0 aliphatic carbocycles. The number of halogens is 1. The lowest BCUT2D eigenvalue weighted by atomic mass is 10.00. The van der Waals surface area contributed by atoms with Crippen molar-refractivity contribution in [1.29, 1.82) is 0 Å². The van der Waals surface area contributed by atoms with Crippen LogP contribution < -0.4 is 16.0 Å². The van der Waals surface area contributed by atoms with Crippen LogP contribution in [0.1, 0.15) is 11.1 Å². The third-order valence-electron chi connectivity index (χ3n) is 6.44. The molecule has 7 nitrogen and oxygen atoms in total. The molecule has 2 amide bonds. The number of likely N-dealkylation sites (N-methyl/N-ethyl adjacent to an activating group) is 1. The number of nitrogens with zero attached hydrogens (tertiary/aromatic N) is 2. The molecule has 0 radical (unpaired) electrons. The van der Waals surface area contributed by atoms with E-state index in [2.05, 4.69) is 32.8 Å². The molecular formula is C28H28FN5O2. The van der Waals surface area contributed by atoms with Crippen LogP contribution in [0.15, 0.2) is 72.8 Å². The summed E-state index contributed by atoms with van der Waals surface area (Å²) in [4.78, 5) is 29.8. The molecule has 1 fully saturated rings. The summed E-state index contributed by atoms with van der Waals surface area (Å²) in [5.41, 5.74) is 4.43. The fourth-order valence-corrected chi connectivity index (χ4v) is 4.47.